The molecule has 19 heavy (non-hydrogen) atoms. The molecule has 0 heterocycles. The zero-order valence-corrected chi connectivity index (χ0v) is 10.6. The van der Waals surface area contributed by atoms with Crippen LogP contribution in [0.15, 0.2) is 0 Å². The molecule has 0 saturated heterocycles. The standard InChI is InChI=1S/C13H18F2O4/c14-13(15,10(16)17)19-7-11-2-8-1-9(3-11)5-12(18,4-8)6-11/h8-9,18H,1-7H2,(H,16,17). The van der Waals surface area contributed by atoms with Gasteiger partial charge in [0.05, 0.1) is 12.2 Å². The van der Waals surface area contributed by atoms with E-state index in [2.05, 4.69) is 4.74 Å². The SMILES string of the molecule is O=C(O)C(F)(F)OCC12CC3CC(CC(O)(C3)C1)C2. The molecule has 6 heteroatoms. The molecular formula is C13H18F2O4. The van der Waals surface area contributed by atoms with Crippen LogP contribution in [0, 0.1) is 17.3 Å². The maximum Gasteiger partial charge on any atom is 0.455 e. The highest BCUT2D eigenvalue weighted by molar-refractivity contribution is 5.73. The zero-order valence-electron chi connectivity index (χ0n) is 10.6. The Labute approximate surface area is 109 Å². The molecule has 0 spiro atoms. The van der Waals surface area contributed by atoms with E-state index in [4.69, 9.17) is 5.11 Å². The molecule has 4 saturated carbocycles. The van der Waals surface area contributed by atoms with Gasteiger partial charge in [0.15, 0.2) is 0 Å². The fourth-order valence-electron chi connectivity index (χ4n) is 4.88. The Balaban J connectivity index is 1.72. The molecule has 0 aliphatic heterocycles. The van der Waals surface area contributed by atoms with Crippen molar-refractivity contribution in [2.45, 2.75) is 50.2 Å². The lowest BCUT2D eigenvalue weighted by Gasteiger charge is -2.60. The summed E-state index contributed by atoms with van der Waals surface area (Å²) in [5.41, 5.74) is -1.20. The van der Waals surface area contributed by atoms with Gasteiger partial charge in [-0.15, -0.1) is 0 Å². The van der Waals surface area contributed by atoms with Crippen LogP contribution in [-0.4, -0.2) is 34.5 Å². The maximum absolute atomic E-state index is 13.0. The van der Waals surface area contributed by atoms with Crippen molar-refractivity contribution in [3.63, 3.8) is 0 Å². The number of halogens is 2. The number of hydrogen-bond donors (Lipinski definition) is 2. The third-order valence-corrected chi connectivity index (χ3v) is 4.96. The van der Waals surface area contributed by atoms with E-state index in [1.165, 1.54) is 0 Å². The molecule has 0 aromatic rings. The molecule has 4 bridgehead atoms. The minimum Gasteiger partial charge on any atom is -0.475 e. The van der Waals surface area contributed by atoms with E-state index in [1.807, 2.05) is 0 Å². The summed E-state index contributed by atoms with van der Waals surface area (Å²) in [5.74, 6) is -1.52. The summed E-state index contributed by atoms with van der Waals surface area (Å²) in [6.07, 6.45) is 0.415. The van der Waals surface area contributed by atoms with Gasteiger partial charge in [-0.3, -0.25) is 0 Å². The lowest BCUT2D eigenvalue weighted by Crippen LogP contribution is -2.57. The summed E-state index contributed by atoms with van der Waals surface area (Å²) in [5, 5.41) is 18.8. The number of carboxylic acid groups (broad SMARTS) is 1. The first-order valence-electron chi connectivity index (χ1n) is 6.70. The molecule has 2 unspecified atom stereocenters. The molecule has 2 atom stereocenters. The van der Waals surface area contributed by atoms with Crippen molar-refractivity contribution in [1.82, 2.24) is 0 Å². The molecule has 0 radical (unpaired) electrons. The van der Waals surface area contributed by atoms with Gasteiger partial charge in [-0.2, -0.15) is 8.78 Å². The van der Waals surface area contributed by atoms with Gasteiger partial charge in [-0.1, -0.05) is 0 Å². The van der Waals surface area contributed by atoms with Gasteiger partial charge in [0.25, 0.3) is 0 Å². The third-order valence-electron chi connectivity index (χ3n) is 4.96. The second-order valence-corrected chi connectivity index (χ2v) is 6.80. The van der Waals surface area contributed by atoms with Crippen LogP contribution in [0.1, 0.15) is 38.5 Å². The normalized spacial score (nSPS) is 44.6. The van der Waals surface area contributed by atoms with Crippen molar-refractivity contribution in [3.8, 4) is 0 Å². The molecule has 4 aliphatic carbocycles. The first-order valence-corrected chi connectivity index (χ1v) is 6.70. The van der Waals surface area contributed by atoms with E-state index in [9.17, 15) is 18.7 Å². The fraction of sp³-hybridized carbons (Fsp3) is 0.923. The molecular weight excluding hydrogens is 258 g/mol. The van der Waals surface area contributed by atoms with Gasteiger partial charge in [0.1, 0.15) is 0 Å². The Hall–Kier alpha value is -0.750. The minimum absolute atomic E-state index is 0.276. The van der Waals surface area contributed by atoms with E-state index in [-0.39, 0.29) is 6.61 Å². The summed E-state index contributed by atoms with van der Waals surface area (Å²) in [6.45, 7) is -0.276. The molecule has 4 nitrogen and oxygen atoms in total. The second kappa shape index (κ2) is 3.88. The fourth-order valence-corrected chi connectivity index (χ4v) is 4.88. The van der Waals surface area contributed by atoms with Gasteiger partial charge in [0, 0.05) is 0 Å². The van der Waals surface area contributed by atoms with E-state index < -0.39 is 23.1 Å². The molecule has 0 aromatic heterocycles. The van der Waals surface area contributed by atoms with E-state index in [1.54, 1.807) is 0 Å². The number of carboxylic acids is 1. The molecule has 2 N–H and O–H groups in total. The molecule has 0 amide bonds. The Morgan fingerprint density at radius 1 is 1.26 bits per heavy atom. The lowest BCUT2D eigenvalue weighted by atomic mass is 9.48. The highest BCUT2D eigenvalue weighted by atomic mass is 19.3. The molecule has 4 rings (SSSR count). The van der Waals surface area contributed by atoms with Gasteiger partial charge in [-0.05, 0) is 55.8 Å². The van der Waals surface area contributed by atoms with E-state index >= 15 is 0 Å². The monoisotopic (exact) mass is 276 g/mol. The Morgan fingerprint density at radius 2 is 1.84 bits per heavy atom. The number of aliphatic hydroxyl groups is 1. The highest BCUT2D eigenvalue weighted by Gasteiger charge is 2.58. The highest BCUT2D eigenvalue weighted by Crippen LogP contribution is 2.61. The average molecular weight is 276 g/mol. The predicted molar refractivity (Wildman–Crippen MR) is 60.6 cm³/mol. The van der Waals surface area contributed by atoms with E-state index in [0.29, 0.717) is 18.3 Å². The molecule has 108 valence electrons. The average Bonchev–Trinajstić information content (AvgIpc) is 2.23. The summed E-state index contributed by atoms with van der Waals surface area (Å²) in [6, 6.07) is 0. The smallest absolute Gasteiger partial charge is 0.455 e. The Kier molecular flexibility index (Phi) is 2.71. The first kappa shape index (κ1) is 13.2. The summed E-state index contributed by atoms with van der Waals surface area (Å²) in [4.78, 5) is 10.4. The number of aliphatic carboxylic acids is 1. The van der Waals surface area contributed by atoms with Crippen LogP contribution in [0.2, 0.25) is 0 Å². The molecule has 4 fully saturated rings. The number of ether oxygens (including phenoxy) is 1. The number of rotatable bonds is 4. The van der Waals surface area contributed by atoms with Crippen molar-refractivity contribution in [2.24, 2.45) is 17.3 Å². The molecule has 0 aromatic carbocycles. The van der Waals surface area contributed by atoms with Crippen molar-refractivity contribution in [1.29, 1.82) is 0 Å². The van der Waals surface area contributed by atoms with Gasteiger partial charge in [0.2, 0.25) is 0 Å². The lowest BCUT2D eigenvalue weighted by molar-refractivity contribution is -0.270. The Morgan fingerprint density at radius 3 is 2.32 bits per heavy atom. The van der Waals surface area contributed by atoms with Crippen molar-refractivity contribution in [2.75, 3.05) is 6.61 Å². The number of carbonyl (C=O) groups is 1. The maximum atomic E-state index is 13.0. The Bertz CT molecular complexity index is 395. The second-order valence-electron chi connectivity index (χ2n) is 6.80. The number of alkyl halides is 2. The van der Waals surface area contributed by atoms with Crippen molar-refractivity contribution >= 4 is 5.97 Å². The summed E-state index contributed by atoms with van der Waals surface area (Å²) >= 11 is 0. The van der Waals surface area contributed by atoms with Crippen LogP contribution in [0.4, 0.5) is 8.78 Å². The number of hydrogen-bond acceptors (Lipinski definition) is 3. The van der Waals surface area contributed by atoms with Crippen LogP contribution in [0.3, 0.4) is 0 Å². The van der Waals surface area contributed by atoms with Crippen LogP contribution in [-0.2, 0) is 9.53 Å². The van der Waals surface area contributed by atoms with Crippen molar-refractivity contribution < 1.29 is 28.5 Å². The van der Waals surface area contributed by atoms with Crippen molar-refractivity contribution in [3.05, 3.63) is 0 Å². The quantitative estimate of drug-likeness (QED) is 0.824. The third kappa shape index (κ3) is 2.25. The first-order chi connectivity index (χ1) is 8.72. The largest absolute Gasteiger partial charge is 0.475 e. The minimum atomic E-state index is -4.13. The zero-order chi connectivity index (χ0) is 13.9. The molecule has 4 aliphatic rings. The van der Waals surface area contributed by atoms with Crippen LogP contribution in [0.25, 0.3) is 0 Å². The van der Waals surface area contributed by atoms with E-state index in [0.717, 1.165) is 32.1 Å². The summed E-state index contributed by atoms with van der Waals surface area (Å²) in [7, 11) is 0. The van der Waals surface area contributed by atoms with Gasteiger partial charge < -0.3 is 14.9 Å². The summed E-state index contributed by atoms with van der Waals surface area (Å²) < 4.78 is 30.5. The van der Waals surface area contributed by atoms with Crippen LogP contribution < -0.4 is 0 Å². The van der Waals surface area contributed by atoms with Gasteiger partial charge in [-0.25, -0.2) is 4.79 Å². The van der Waals surface area contributed by atoms with Gasteiger partial charge >= 0.3 is 12.1 Å². The predicted octanol–water partition coefficient (Wildman–Crippen LogP) is 2.01. The van der Waals surface area contributed by atoms with Crippen LogP contribution in [0.5, 0.6) is 0 Å². The topological polar surface area (TPSA) is 66.8 Å². The van der Waals surface area contributed by atoms with Crippen LogP contribution >= 0.6 is 0 Å².